The highest BCUT2D eigenvalue weighted by Gasteiger charge is 2.13. The van der Waals surface area contributed by atoms with Crippen LogP contribution in [0.2, 0.25) is 0 Å². The summed E-state index contributed by atoms with van der Waals surface area (Å²) in [4.78, 5) is 4.07. The van der Waals surface area contributed by atoms with Gasteiger partial charge in [-0.05, 0) is 13.0 Å². The first-order valence-corrected chi connectivity index (χ1v) is 5.29. The van der Waals surface area contributed by atoms with Crippen molar-refractivity contribution in [2.75, 3.05) is 0 Å². The normalized spacial score (nSPS) is 13.0. The van der Waals surface area contributed by atoms with Crippen molar-refractivity contribution >= 4 is 0 Å². The molecule has 0 saturated carbocycles. The van der Waals surface area contributed by atoms with Gasteiger partial charge >= 0.3 is 0 Å². The molecule has 0 saturated heterocycles. The van der Waals surface area contributed by atoms with E-state index in [0.717, 1.165) is 23.5 Å². The Morgan fingerprint density at radius 3 is 2.69 bits per heavy atom. The molecule has 2 aromatic rings. The summed E-state index contributed by atoms with van der Waals surface area (Å²) in [7, 11) is 3.90. The van der Waals surface area contributed by atoms with E-state index in [9.17, 15) is 0 Å². The molecule has 1 unspecified atom stereocenters. The Morgan fingerprint density at radius 1 is 1.44 bits per heavy atom. The van der Waals surface area contributed by atoms with Gasteiger partial charge in [0.15, 0.2) is 0 Å². The average Bonchev–Trinajstić information content (AvgIpc) is 2.74. The highest BCUT2D eigenvalue weighted by atomic mass is 15.3. The lowest BCUT2D eigenvalue weighted by Crippen LogP contribution is -2.18. The van der Waals surface area contributed by atoms with Crippen LogP contribution in [-0.2, 0) is 20.5 Å². The summed E-state index contributed by atoms with van der Waals surface area (Å²) >= 11 is 0. The fourth-order valence-electron chi connectivity index (χ4n) is 1.91. The van der Waals surface area contributed by atoms with Gasteiger partial charge in [0.05, 0.1) is 23.8 Å². The summed E-state index contributed by atoms with van der Waals surface area (Å²) in [6.45, 7) is 1.99. The molecular weight excluding hydrogens is 202 g/mol. The fourth-order valence-corrected chi connectivity index (χ4v) is 1.91. The molecule has 0 aliphatic heterocycles. The Balaban J connectivity index is 2.16. The topological polar surface area (TPSA) is 61.7 Å². The molecule has 0 amide bonds. The summed E-state index contributed by atoms with van der Waals surface area (Å²) in [5, 5.41) is 4.31. The van der Waals surface area contributed by atoms with Crippen LogP contribution in [0.15, 0.2) is 18.6 Å². The van der Waals surface area contributed by atoms with E-state index in [2.05, 4.69) is 16.1 Å². The van der Waals surface area contributed by atoms with Crippen LogP contribution in [0.4, 0.5) is 0 Å². The molecule has 0 fully saturated rings. The summed E-state index contributed by atoms with van der Waals surface area (Å²) in [6, 6.07) is 2.03. The number of aromatic nitrogens is 4. The molecule has 2 heterocycles. The van der Waals surface area contributed by atoms with Crippen molar-refractivity contribution in [2.24, 2.45) is 19.8 Å². The molecule has 1 atom stereocenters. The lowest BCUT2D eigenvalue weighted by molar-refractivity contribution is 0.609. The zero-order valence-corrected chi connectivity index (χ0v) is 9.88. The third-order valence-electron chi connectivity index (χ3n) is 2.76. The Labute approximate surface area is 94.9 Å². The van der Waals surface area contributed by atoms with E-state index in [1.807, 2.05) is 36.5 Å². The Morgan fingerprint density at radius 2 is 2.19 bits per heavy atom. The zero-order chi connectivity index (χ0) is 11.7. The highest BCUT2D eigenvalue weighted by molar-refractivity contribution is 5.14. The van der Waals surface area contributed by atoms with E-state index >= 15 is 0 Å². The van der Waals surface area contributed by atoms with E-state index < -0.39 is 0 Å². The average molecular weight is 219 g/mol. The van der Waals surface area contributed by atoms with Crippen molar-refractivity contribution in [2.45, 2.75) is 19.4 Å². The zero-order valence-electron chi connectivity index (χ0n) is 9.88. The molecule has 2 N–H and O–H groups in total. The third-order valence-corrected chi connectivity index (χ3v) is 2.76. The first kappa shape index (κ1) is 10.9. The van der Waals surface area contributed by atoms with Crippen LogP contribution in [-0.4, -0.2) is 19.3 Å². The molecule has 0 bridgehead atoms. The van der Waals surface area contributed by atoms with Gasteiger partial charge in [-0.3, -0.25) is 4.68 Å². The van der Waals surface area contributed by atoms with Crippen LogP contribution in [0.1, 0.15) is 23.1 Å². The molecule has 0 aromatic carbocycles. The van der Waals surface area contributed by atoms with Gasteiger partial charge < -0.3 is 10.3 Å². The van der Waals surface area contributed by atoms with Crippen LogP contribution in [0.25, 0.3) is 0 Å². The quantitative estimate of drug-likeness (QED) is 0.826. The molecule has 5 heteroatoms. The van der Waals surface area contributed by atoms with E-state index in [1.165, 1.54) is 0 Å². The number of hydrogen-bond donors (Lipinski definition) is 1. The fraction of sp³-hybridized carbons (Fsp3) is 0.455. The molecule has 16 heavy (non-hydrogen) atoms. The van der Waals surface area contributed by atoms with Gasteiger partial charge in [-0.25, -0.2) is 4.98 Å². The van der Waals surface area contributed by atoms with Crippen molar-refractivity contribution in [1.29, 1.82) is 0 Å². The van der Waals surface area contributed by atoms with Crippen LogP contribution in [0.3, 0.4) is 0 Å². The lowest BCUT2D eigenvalue weighted by Gasteiger charge is -2.12. The molecule has 86 valence electrons. The minimum absolute atomic E-state index is 0.0395. The predicted octanol–water partition coefficient (Wildman–Crippen LogP) is 0.705. The van der Waals surface area contributed by atoms with Gasteiger partial charge in [0.1, 0.15) is 0 Å². The molecule has 5 nitrogen and oxygen atoms in total. The third kappa shape index (κ3) is 1.99. The smallest absolute Gasteiger partial charge is 0.0946 e. The minimum atomic E-state index is -0.0395. The van der Waals surface area contributed by atoms with Crippen molar-refractivity contribution in [3.8, 4) is 0 Å². The Bertz CT molecular complexity index is 482. The van der Waals surface area contributed by atoms with Crippen molar-refractivity contribution in [3.05, 3.63) is 35.7 Å². The van der Waals surface area contributed by atoms with E-state index in [4.69, 9.17) is 5.73 Å². The number of aryl methyl sites for hydroxylation is 3. The lowest BCUT2D eigenvalue weighted by atomic mass is 10.1. The SMILES string of the molecule is Cc1cc(CC(N)c2cncn2C)n(C)n1. The van der Waals surface area contributed by atoms with Crippen molar-refractivity contribution < 1.29 is 0 Å². The van der Waals surface area contributed by atoms with Crippen molar-refractivity contribution in [1.82, 2.24) is 19.3 Å². The van der Waals surface area contributed by atoms with Gasteiger partial charge in [0.25, 0.3) is 0 Å². The molecule has 0 spiro atoms. The summed E-state index contributed by atoms with van der Waals surface area (Å²) in [5.41, 5.74) is 9.36. The Kier molecular flexibility index (Phi) is 2.78. The van der Waals surface area contributed by atoms with E-state index in [-0.39, 0.29) is 6.04 Å². The maximum atomic E-state index is 6.15. The number of imidazole rings is 1. The molecule has 0 aliphatic carbocycles. The molecular formula is C11H17N5. The number of nitrogens with two attached hydrogens (primary N) is 1. The highest BCUT2D eigenvalue weighted by Crippen LogP contribution is 2.15. The van der Waals surface area contributed by atoms with E-state index in [0.29, 0.717) is 0 Å². The largest absolute Gasteiger partial charge is 0.336 e. The molecule has 0 radical (unpaired) electrons. The minimum Gasteiger partial charge on any atom is -0.336 e. The molecule has 0 aliphatic rings. The standard InChI is InChI=1S/C11H17N5/c1-8-4-9(16(3)14-8)5-10(12)11-6-13-7-15(11)2/h4,6-7,10H,5,12H2,1-3H3. The second-order valence-electron chi connectivity index (χ2n) is 4.14. The van der Waals surface area contributed by atoms with Gasteiger partial charge in [0, 0.05) is 32.4 Å². The van der Waals surface area contributed by atoms with Crippen LogP contribution in [0.5, 0.6) is 0 Å². The van der Waals surface area contributed by atoms with Crippen LogP contribution >= 0.6 is 0 Å². The predicted molar refractivity (Wildman–Crippen MR) is 61.8 cm³/mol. The number of hydrogen-bond acceptors (Lipinski definition) is 3. The first-order valence-electron chi connectivity index (χ1n) is 5.29. The van der Waals surface area contributed by atoms with Gasteiger partial charge in [-0.15, -0.1) is 0 Å². The van der Waals surface area contributed by atoms with Crippen molar-refractivity contribution in [3.63, 3.8) is 0 Å². The monoisotopic (exact) mass is 219 g/mol. The molecule has 2 rings (SSSR count). The summed E-state index contributed by atoms with van der Waals surface area (Å²) < 4.78 is 3.83. The number of rotatable bonds is 3. The molecule has 2 aromatic heterocycles. The second-order valence-corrected chi connectivity index (χ2v) is 4.14. The Hall–Kier alpha value is -1.62. The van der Waals surface area contributed by atoms with Gasteiger partial charge in [-0.1, -0.05) is 0 Å². The van der Waals surface area contributed by atoms with Gasteiger partial charge in [-0.2, -0.15) is 5.10 Å². The maximum Gasteiger partial charge on any atom is 0.0946 e. The first-order chi connectivity index (χ1) is 7.58. The van der Waals surface area contributed by atoms with Crippen LogP contribution < -0.4 is 5.73 Å². The number of nitrogens with zero attached hydrogens (tertiary/aromatic N) is 4. The van der Waals surface area contributed by atoms with Crippen LogP contribution in [0, 0.1) is 6.92 Å². The second kappa shape index (κ2) is 4.09. The summed E-state index contributed by atoms with van der Waals surface area (Å²) in [5.74, 6) is 0. The van der Waals surface area contributed by atoms with Gasteiger partial charge in [0.2, 0.25) is 0 Å². The maximum absolute atomic E-state index is 6.15. The summed E-state index contributed by atoms with van der Waals surface area (Å²) in [6.07, 6.45) is 4.36. The van der Waals surface area contributed by atoms with E-state index in [1.54, 1.807) is 6.33 Å².